The molecule has 1 aromatic carbocycles. The summed E-state index contributed by atoms with van der Waals surface area (Å²) in [6.45, 7) is 4.33. The molecule has 0 bridgehead atoms. The van der Waals surface area contributed by atoms with E-state index >= 15 is 0 Å². The fourth-order valence-electron chi connectivity index (χ4n) is 2.56. The van der Waals surface area contributed by atoms with Gasteiger partial charge in [-0.05, 0) is 31.7 Å². The molecule has 0 aromatic heterocycles. The molecule has 1 aliphatic carbocycles. The smallest absolute Gasteiger partial charge is 0.165 e. The van der Waals surface area contributed by atoms with Gasteiger partial charge in [-0.2, -0.15) is 0 Å². The van der Waals surface area contributed by atoms with Crippen molar-refractivity contribution in [1.82, 2.24) is 0 Å². The summed E-state index contributed by atoms with van der Waals surface area (Å²) in [6.07, 6.45) is 4.58. The maximum Gasteiger partial charge on any atom is 0.165 e. The summed E-state index contributed by atoms with van der Waals surface area (Å²) < 4.78 is 0. The van der Waals surface area contributed by atoms with E-state index in [0.29, 0.717) is 5.78 Å². The highest BCUT2D eigenvalue weighted by atomic mass is 16.1. The highest BCUT2D eigenvalue weighted by Crippen LogP contribution is 2.30. The van der Waals surface area contributed by atoms with Crippen LogP contribution in [-0.4, -0.2) is 5.78 Å². The van der Waals surface area contributed by atoms with Crippen LogP contribution in [-0.2, 0) is 0 Å². The van der Waals surface area contributed by atoms with E-state index in [0.717, 1.165) is 24.3 Å². The lowest BCUT2D eigenvalue weighted by Gasteiger charge is -2.25. The summed E-state index contributed by atoms with van der Waals surface area (Å²) >= 11 is 0. The first-order valence-electron chi connectivity index (χ1n) is 6.27. The lowest BCUT2D eigenvalue weighted by molar-refractivity contribution is 0.0875. The van der Waals surface area contributed by atoms with Crippen LogP contribution in [0.4, 0.5) is 0 Å². The monoisotopic (exact) mass is 216 g/mol. The maximum absolute atomic E-state index is 12.3. The Bertz CT molecular complexity index is 373. The van der Waals surface area contributed by atoms with Gasteiger partial charge in [0.05, 0.1) is 0 Å². The second-order valence-corrected chi connectivity index (χ2v) is 5.19. The number of carbonyl (C=O) groups is 1. The van der Waals surface area contributed by atoms with E-state index in [-0.39, 0.29) is 5.92 Å². The van der Waals surface area contributed by atoms with Crippen molar-refractivity contribution in [3.8, 4) is 0 Å². The molecule has 0 atom stereocenters. The molecule has 0 N–H and O–H groups in total. The number of aryl methyl sites for hydroxylation is 1. The third-order valence-corrected chi connectivity index (χ3v) is 3.69. The minimum Gasteiger partial charge on any atom is -0.294 e. The first-order valence-corrected chi connectivity index (χ1v) is 6.27. The second-order valence-electron chi connectivity index (χ2n) is 5.19. The van der Waals surface area contributed by atoms with Crippen LogP contribution in [0, 0.1) is 18.8 Å². The van der Waals surface area contributed by atoms with E-state index in [9.17, 15) is 4.79 Å². The second kappa shape index (κ2) is 4.82. The van der Waals surface area contributed by atoms with E-state index in [1.54, 1.807) is 0 Å². The highest BCUT2D eigenvalue weighted by Gasteiger charge is 2.24. The number of hydrogen-bond donors (Lipinski definition) is 0. The minimum atomic E-state index is 0.276. The average molecular weight is 216 g/mol. The fourth-order valence-corrected chi connectivity index (χ4v) is 2.56. The minimum absolute atomic E-state index is 0.276. The van der Waals surface area contributed by atoms with Crippen LogP contribution in [0.25, 0.3) is 0 Å². The van der Waals surface area contributed by atoms with Crippen LogP contribution < -0.4 is 0 Å². The van der Waals surface area contributed by atoms with Gasteiger partial charge < -0.3 is 0 Å². The molecule has 0 amide bonds. The SMILES string of the molecule is Cc1cccc(C(=O)C2CCC(C)CC2)c1. The lowest BCUT2D eigenvalue weighted by atomic mass is 9.79. The molecule has 1 saturated carbocycles. The number of rotatable bonds is 2. The number of benzene rings is 1. The Morgan fingerprint density at radius 3 is 2.50 bits per heavy atom. The van der Waals surface area contributed by atoms with Gasteiger partial charge in [0.25, 0.3) is 0 Å². The Morgan fingerprint density at radius 2 is 1.88 bits per heavy atom. The van der Waals surface area contributed by atoms with E-state index in [4.69, 9.17) is 0 Å². The van der Waals surface area contributed by atoms with Crippen molar-refractivity contribution < 1.29 is 4.79 Å². The summed E-state index contributed by atoms with van der Waals surface area (Å²) in [5, 5.41) is 0. The molecule has 1 aliphatic rings. The van der Waals surface area contributed by atoms with Crippen molar-refractivity contribution in [3.05, 3.63) is 35.4 Å². The largest absolute Gasteiger partial charge is 0.294 e. The summed E-state index contributed by atoms with van der Waals surface area (Å²) in [5.41, 5.74) is 2.08. The quantitative estimate of drug-likeness (QED) is 0.683. The molecule has 1 nitrogen and oxygen atoms in total. The van der Waals surface area contributed by atoms with Gasteiger partial charge in [0.15, 0.2) is 5.78 Å². The molecule has 2 rings (SSSR count). The van der Waals surface area contributed by atoms with Gasteiger partial charge in [-0.25, -0.2) is 0 Å². The molecule has 0 spiro atoms. The van der Waals surface area contributed by atoms with Gasteiger partial charge in [0, 0.05) is 11.5 Å². The predicted molar refractivity (Wildman–Crippen MR) is 66.6 cm³/mol. The third-order valence-electron chi connectivity index (χ3n) is 3.69. The summed E-state index contributed by atoms with van der Waals surface area (Å²) in [4.78, 5) is 12.3. The van der Waals surface area contributed by atoms with E-state index in [1.165, 1.54) is 18.4 Å². The summed E-state index contributed by atoms with van der Waals surface area (Å²) in [5.74, 6) is 1.44. The molecule has 1 fully saturated rings. The first-order chi connectivity index (χ1) is 7.66. The topological polar surface area (TPSA) is 17.1 Å². The van der Waals surface area contributed by atoms with Crippen molar-refractivity contribution in [2.24, 2.45) is 11.8 Å². The first kappa shape index (κ1) is 11.4. The van der Waals surface area contributed by atoms with Crippen LogP contribution in [0.2, 0.25) is 0 Å². The molecule has 0 heterocycles. The zero-order valence-corrected chi connectivity index (χ0v) is 10.2. The number of hydrogen-bond acceptors (Lipinski definition) is 1. The van der Waals surface area contributed by atoms with Crippen LogP contribution in [0.15, 0.2) is 24.3 Å². The number of carbonyl (C=O) groups excluding carboxylic acids is 1. The highest BCUT2D eigenvalue weighted by molar-refractivity contribution is 5.98. The molecule has 0 radical (unpaired) electrons. The van der Waals surface area contributed by atoms with Gasteiger partial charge in [-0.3, -0.25) is 4.79 Å². The van der Waals surface area contributed by atoms with Crippen molar-refractivity contribution in [2.75, 3.05) is 0 Å². The van der Waals surface area contributed by atoms with Crippen molar-refractivity contribution >= 4 is 5.78 Å². The van der Waals surface area contributed by atoms with Gasteiger partial charge in [-0.1, -0.05) is 43.5 Å². The lowest BCUT2D eigenvalue weighted by Crippen LogP contribution is -2.20. The molecule has 1 heteroatoms. The maximum atomic E-state index is 12.3. The molecule has 1 aromatic rings. The third kappa shape index (κ3) is 2.52. The molecule has 0 saturated heterocycles. The summed E-state index contributed by atoms with van der Waals surface area (Å²) in [7, 11) is 0. The van der Waals surface area contributed by atoms with E-state index < -0.39 is 0 Å². The zero-order chi connectivity index (χ0) is 11.5. The van der Waals surface area contributed by atoms with Gasteiger partial charge >= 0.3 is 0 Å². The number of Topliss-reactive ketones (excluding diaryl/α,β-unsaturated/α-hetero) is 1. The Morgan fingerprint density at radius 1 is 1.19 bits per heavy atom. The van der Waals surface area contributed by atoms with Crippen LogP contribution in [0.3, 0.4) is 0 Å². The number of ketones is 1. The Kier molecular flexibility index (Phi) is 3.42. The zero-order valence-electron chi connectivity index (χ0n) is 10.2. The average Bonchev–Trinajstić information content (AvgIpc) is 2.29. The van der Waals surface area contributed by atoms with E-state index in [2.05, 4.69) is 6.92 Å². The van der Waals surface area contributed by atoms with Gasteiger partial charge in [-0.15, -0.1) is 0 Å². The Balaban J connectivity index is 2.08. The van der Waals surface area contributed by atoms with Gasteiger partial charge in [0.2, 0.25) is 0 Å². The fraction of sp³-hybridized carbons (Fsp3) is 0.533. The molecule has 86 valence electrons. The van der Waals surface area contributed by atoms with Crippen molar-refractivity contribution in [1.29, 1.82) is 0 Å². The van der Waals surface area contributed by atoms with Crippen molar-refractivity contribution in [2.45, 2.75) is 39.5 Å². The predicted octanol–water partition coefficient (Wildman–Crippen LogP) is 4.00. The molecular formula is C15H20O. The van der Waals surface area contributed by atoms with Crippen LogP contribution in [0.1, 0.15) is 48.5 Å². The summed E-state index contributed by atoms with van der Waals surface area (Å²) in [6, 6.07) is 7.99. The Labute approximate surface area is 97.9 Å². The van der Waals surface area contributed by atoms with Gasteiger partial charge in [0.1, 0.15) is 0 Å². The van der Waals surface area contributed by atoms with Crippen LogP contribution in [0.5, 0.6) is 0 Å². The molecule has 16 heavy (non-hydrogen) atoms. The standard InChI is InChI=1S/C15H20O/c1-11-6-8-13(9-7-11)15(16)14-5-3-4-12(2)10-14/h3-5,10-11,13H,6-9H2,1-2H3. The Hall–Kier alpha value is -1.11. The van der Waals surface area contributed by atoms with Crippen molar-refractivity contribution in [3.63, 3.8) is 0 Å². The van der Waals surface area contributed by atoms with E-state index in [1.807, 2.05) is 31.2 Å². The molecule has 0 unspecified atom stereocenters. The molecule has 0 aliphatic heterocycles. The normalized spacial score (nSPS) is 25.4. The molecular weight excluding hydrogens is 196 g/mol. The van der Waals surface area contributed by atoms with Crippen LogP contribution >= 0.6 is 0 Å².